The number of carbonyl (C=O) groups is 1. The highest BCUT2D eigenvalue weighted by Gasteiger charge is 2.20. The summed E-state index contributed by atoms with van der Waals surface area (Å²) in [5.41, 5.74) is 1.82. The summed E-state index contributed by atoms with van der Waals surface area (Å²) >= 11 is 0. The zero-order valence-electron chi connectivity index (χ0n) is 15.9. The first-order valence-electron chi connectivity index (χ1n) is 8.69. The van der Waals surface area contributed by atoms with Gasteiger partial charge < -0.3 is 19.5 Å². The van der Waals surface area contributed by atoms with Gasteiger partial charge in [0.2, 0.25) is 5.75 Å². The lowest BCUT2D eigenvalue weighted by Crippen LogP contribution is -2.24. The number of nitrogens with zero attached hydrogens (tertiary/aromatic N) is 1. The largest absolute Gasteiger partial charge is 0.493 e. The quantitative estimate of drug-likeness (QED) is 0.744. The molecule has 0 aromatic heterocycles. The van der Waals surface area contributed by atoms with Gasteiger partial charge in [-0.05, 0) is 47.9 Å². The topological polar surface area (TPSA) is 69.2 Å². The fourth-order valence-corrected chi connectivity index (χ4v) is 2.93. The minimum Gasteiger partial charge on any atom is -0.493 e. The molecule has 2 aromatic carbocycles. The van der Waals surface area contributed by atoms with Crippen LogP contribution in [0.5, 0.6) is 17.2 Å². The molecule has 0 atom stereocenters. The zero-order chi connectivity index (χ0) is 20.1. The van der Waals surface area contributed by atoms with Crippen LogP contribution in [0.2, 0.25) is 0 Å². The van der Waals surface area contributed by atoms with E-state index in [0.717, 1.165) is 5.56 Å². The standard InChI is InChI=1S/C21H21FN2O4/c1-26-17-11-14(12-18(27-2)20(17)28-3)10-16-21(25)24-19(23-16)8-7-13-5-4-6-15(22)9-13/h4-6,9-12H,7-8H2,1-3H3,(H,23,24,25)/b16-10+. The number of nitrogens with one attached hydrogen (secondary N) is 1. The number of benzene rings is 2. The molecule has 1 amide bonds. The average molecular weight is 384 g/mol. The van der Waals surface area contributed by atoms with E-state index >= 15 is 0 Å². The molecule has 0 bridgehead atoms. The molecule has 1 N–H and O–H groups in total. The number of hydrogen-bond acceptors (Lipinski definition) is 5. The van der Waals surface area contributed by atoms with E-state index in [0.29, 0.717) is 41.5 Å². The number of ether oxygens (including phenoxy) is 3. The lowest BCUT2D eigenvalue weighted by Gasteiger charge is -2.12. The summed E-state index contributed by atoms with van der Waals surface area (Å²) < 4.78 is 29.2. The highest BCUT2D eigenvalue weighted by Crippen LogP contribution is 2.38. The third-order valence-electron chi connectivity index (χ3n) is 4.28. The molecule has 0 saturated carbocycles. The Labute approximate surface area is 162 Å². The van der Waals surface area contributed by atoms with Crippen molar-refractivity contribution in [3.8, 4) is 17.2 Å². The van der Waals surface area contributed by atoms with Crippen molar-refractivity contribution in [2.45, 2.75) is 12.8 Å². The van der Waals surface area contributed by atoms with Gasteiger partial charge in [-0.1, -0.05) is 12.1 Å². The predicted octanol–water partition coefficient (Wildman–Crippen LogP) is 3.35. The molecule has 3 rings (SSSR count). The van der Waals surface area contributed by atoms with Crippen LogP contribution in [0.3, 0.4) is 0 Å². The van der Waals surface area contributed by atoms with Gasteiger partial charge in [0.25, 0.3) is 5.91 Å². The van der Waals surface area contributed by atoms with Crippen LogP contribution in [0.15, 0.2) is 47.1 Å². The Hall–Kier alpha value is -3.35. The first kappa shape index (κ1) is 19.4. The van der Waals surface area contributed by atoms with Gasteiger partial charge in [-0.2, -0.15) is 0 Å². The monoisotopic (exact) mass is 384 g/mol. The van der Waals surface area contributed by atoms with Gasteiger partial charge in [-0.25, -0.2) is 9.38 Å². The minimum atomic E-state index is -0.289. The highest BCUT2D eigenvalue weighted by molar-refractivity contribution is 6.14. The van der Waals surface area contributed by atoms with Crippen molar-refractivity contribution in [3.63, 3.8) is 0 Å². The van der Waals surface area contributed by atoms with Gasteiger partial charge in [0.1, 0.15) is 17.3 Å². The van der Waals surface area contributed by atoms with Crippen LogP contribution in [-0.4, -0.2) is 33.1 Å². The van der Waals surface area contributed by atoms with Crippen LogP contribution >= 0.6 is 0 Å². The van der Waals surface area contributed by atoms with Gasteiger partial charge >= 0.3 is 0 Å². The van der Waals surface area contributed by atoms with Gasteiger partial charge in [0, 0.05) is 6.42 Å². The highest BCUT2D eigenvalue weighted by atomic mass is 19.1. The van der Waals surface area contributed by atoms with E-state index in [2.05, 4.69) is 10.3 Å². The van der Waals surface area contributed by atoms with Crippen LogP contribution < -0.4 is 19.5 Å². The summed E-state index contributed by atoms with van der Waals surface area (Å²) in [5.74, 6) is 1.43. The van der Waals surface area contributed by atoms with Crippen molar-refractivity contribution in [3.05, 3.63) is 59.0 Å². The van der Waals surface area contributed by atoms with Crippen LogP contribution in [0.4, 0.5) is 4.39 Å². The molecular formula is C21H21FN2O4. The Morgan fingerprint density at radius 2 is 1.75 bits per heavy atom. The first-order valence-corrected chi connectivity index (χ1v) is 8.69. The van der Waals surface area contributed by atoms with E-state index in [1.165, 1.54) is 33.5 Å². The number of amides is 1. The van der Waals surface area contributed by atoms with Gasteiger partial charge in [0.15, 0.2) is 11.5 Å². The second-order valence-electron chi connectivity index (χ2n) is 6.13. The number of amidine groups is 1. The van der Waals surface area contributed by atoms with E-state index in [1.807, 2.05) is 6.07 Å². The van der Waals surface area contributed by atoms with Gasteiger partial charge in [-0.15, -0.1) is 0 Å². The molecule has 0 spiro atoms. The maximum atomic E-state index is 13.3. The van der Waals surface area contributed by atoms with E-state index in [9.17, 15) is 9.18 Å². The summed E-state index contributed by atoms with van der Waals surface area (Å²) in [6.07, 6.45) is 2.73. The van der Waals surface area contributed by atoms with E-state index < -0.39 is 0 Å². The molecule has 28 heavy (non-hydrogen) atoms. The summed E-state index contributed by atoms with van der Waals surface area (Å²) in [4.78, 5) is 16.6. The fourth-order valence-electron chi connectivity index (χ4n) is 2.93. The third-order valence-corrected chi connectivity index (χ3v) is 4.28. The number of carbonyl (C=O) groups excluding carboxylic acids is 1. The van der Waals surface area contributed by atoms with Crippen LogP contribution in [-0.2, 0) is 11.2 Å². The molecule has 146 valence electrons. The third kappa shape index (κ3) is 4.31. The van der Waals surface area contributed by atoms with Crippen LogP contribution in [0, 0.1) is 5.82 Å². The maximum Gasteiger partial charge on any atom is 0.275 e. The van der Waals surface area contributed by atoms with Crippen LogP contribution in [0.25, 0.3) is 6.08 Å². The zero-order valence-corrected chi connectivity index (χ0v) is 15.9. The van der Waals surface area contributed by atoms with Gasteiger partial charge in [-0.3, -0.25) is 4.79 Å². The lowest BCUT2D eigenvalue weighted by molar-refractivity contribution is -0.115. The van der Waals surface area contributed by atoms with Crippen LogP contribution in [0.1, 0.15) is 17.5 Å². The van der Waals surface area contributed by atoms with E-state index in [1.54, 1.807) is 24.3 Å². The number of rotatable bonds is 7. The second-order valence-corrected chi connectivity index (χ2v) is 6.13. The predicted molar refractivity (Wildman–Crippen MR) is 104 cm³/mol. The Bertz CT molecular complexity index is 928. The minimum absolute atomic E-state index is 0.280. The molecule has 2 aromatic rings. The lowest BCUT2D eigenvalue weighted by atomic mass is 10.1. The van der Waals surface area contributed by atoms with Crippen molar-refractivity contribution < 1.29 is 23.4 Å². The molecule has 0 unspecified atom stereocenters. The molecule has 7 heteroatoms. The smallest absolute Gasteiger partial charge is 0.275 e. The summed E-state index contributed by atoms with van der Waals surface area (Å²) in [5, 5.41) is 2.75. The molecule has 0 aliphatic carbocycles. The molecule has 0 saturated heterocycles. The molecular weight excluding hydrogens is 363 g/mol. The van der Waals surface area contributed by atoms with Crippen molar-refractivity contribution in [1.29, 1.82) is 0 Å². The molecule has 1 heterocycles. The van der Waals surface area contributed by atoms with Crippen molar-refractivity contribution >= 4 is 17.8 Å². The van der Waals surface area contributed by atoms with Crippen molar-refractivity contribution in [2.24, 2.45) is 4.99 Å². The summed E-state index contributed by atoms with van der Waals surface area (Å²) in [7, 11) is 4.58. The second kappa shape index (κ2) is 8.56. The van der Waals surface area contributed by atoms with Crippen molar-refractivity contribution in [1.82, 2.24) is 5.32 Å². The molecule has 0 radical (unpaired) electrons. The van der Waals surface area contributed by atoms with Crippen molar-refractivity contribution in [2.75, 3.05) is 21.3 Å². The number of methoxy groups -OCH3 is 3. The Morgan fingerprint density at radius 1 is 1.04 bits per heavy atom. The number of aliphatic imine (C=N–C) groups is 1. The number of hydrogen-bond donors (Lipinski definition) is 1. The summed E-state index contributed by atoms with van der Waals surface area (Å²) in [6.45, 7) is 0. The number of halogens is 1. The molecule has 0 fully saturated rings. The SMILES string of the molecule is COc1cc(/C=C2/N=C(CCc3cccc(F)c3)NC2=O)cc(OC)c1OC. The maximum absolute atomic E-state index is 13.3. The Kier molecular flexibility index (Phi) is 5.93. The Balaban J connectivity index is 1.81. The Morgan fingerprint density at radius 3 is 2.36 bits per heavy atom. The van der Waals surface area contributed by atoms with Gasteiger partial charge in [0.05, 0.1) is 21.3 Å². The number of aryl methyl sites for hydroxylation is 1. The normalized spacial score (nSPS) is 14.6. The summed E-state index contributed by atoms with van der Waals surface area (Å²) in [6, 6.07) is 9.85. The first-order chi connectivity index (χ1) is 13.5. The van der Waals surface area contributed by atoms with E-state index in [4.69, 9.17) is 14.2 Å². The molecule has 1 aliphatic rings. The van der Waals surface area contributed by atoms with E-state index in [-0.39, 0.29) is 17.4 Å². The molecule has 6 nitrogen and oxygen atoms in total. The fraction of sp³-hybridized carbons (Fsp3) is 0.238. The molecule has 1 aliphatic heterocycles. The average Bonchev–Trinajstić information content (AvgIpc) is 3.04.